The van der Waals surface area contributed by atoms with Crippen molar-refractivity contribution in [1.82, 2.24) is 5.32 Å². The maximum absolute atomic E-state index is 12.7. The summed E-state index contributed by atoms with van der Waals surface area (Å²) < 4.78 is 5.06. The average molecular weight is 376 g/mol. The number of hydrogen-bond donors (Lipinski definition) is 6. The SMILES string of the molecule is CC(C)C(N)C(=O)NC(C(=O)CC1C(O)OC(CO)C(O)C1O)C(C)C. The first-order valence-electron chi connectivity index (χ1n) is 8.90. The Morgan fingerprint density at radius 3 is 2.12 bits per heavy atom. The van der Waals surface area contributed by atoms with Gasteiger partial charge in [0.15, 0.2) is 12.1 Å². The fourth-order valence-corrected chi connectivity index (χ4v) is 2.91. The highest BCUT2D eigenvalue weighted by Gasteiger charge is 2.45. The zero-order chi connectivity index (χ0) is 20.2. The summed E-state index contributed by atoms with van der Waals surface area (Å²) >= 11 is 0. The number of aliphatic hydroxyl groups is 4. The number of amides is 1. The van der Waals surface area contributed by atoms with E-state index in [1.54, 1.807) is 27.7 Å². The molecule has 0 aromatic rings. The molecule has 0 aromatic heterocycles. The summed E-state index contributed by atoms with van der Waals surface area (Å²) in [5.74, 6) is -2.27. The van der Waals surface area contributed by atoms with E-state index in [9.17, 15) is 24.9 Å². The molecule has 1 saturated heterocycles. The molecule has 0 aromatic carbocycles. The molecule has 7 unspecified atom stereocenters. The van der Waals surface area contributed by atoms with Crippen LogP contribution in [0.15, 0.2) is 0 Å². The lowest BCUT2D eigenvalue weighted by atomic mass is 9.84. The van der Waals surface area contributed by atoms with Crippen molar-refractivity contribution < 1.29 is 34.8 Å². The van der Waals surface area contributed by atoms with Gasteiger partial charge in [-0.15, -0.1) is 0 Å². The molecule has 1 aliphatic rings. The molecular weight excluding hydrogens is 344 g/mol. The summed E-state index contributed by atoms with van der Waals surface area (Å²) in [6.07, 6.45) is -5.83. The zero-order valence-electron chi connectivity index (χ0n) is 15.7. The van der Waals surface area contributed by atoms with Crippen molar-refractivity contribution >= 4 is 11.7 Å². The normalized spacial score (nSPS) is 31.7. The summed E-state index contributed by atoms with van der Waals surface area (Å²) in [7, 11) is 0. The van der Waals surface area contributed by atoms with Gasteiger partial charge in [0, 0.05) is 12.3 Å². The Morgan fingerprint density at radius 2 is 1.65 bits per heavy atom. The van der Waals surface area contributed by atoms with Crippen molar-refractivity contribution in [3.05, 3.63) is 0 Å². The van der Waals surface area contributed by atoms with Crippen molar-refractivity contribution in [2.24, 2.45) is 23.5 Å². The van der Waals surface area contributed by atoms with Crippen molar-refractivity contribution in [2.75, 3.05) is 6.61 Å². The molecule has 0 saturated carbocycles. The molecule has 0 radical (unpaired) electrons. The number of ketones is 1. The van der Waals surface area contributed by atoms with Crippen LogP contribution in [-0.2, 0) is 14.3 Å². The van der Waals surface area contributed by atoms with Crippen LogP contribution in [0.3, 0.4) is 0 Å². The fraction of sp³-hybridized carbons (Fsp3) is 0.882. The van der Waals surface area contributed by atoms with Crippen LogP contribution in [0, 0.1) is 17.8 Å². The van der Waals surface area contributed by atoms with Gasteiger partial charge in [-0.05, 0) is 11.8 Å². The number of nitrogens with two attached hydrogens (primary N) is 1. The van der Waals surface area contributed by atoms with Gasteiger partial charge in [0.1, 0.15) is 12.2 Å². The lowest BCUT2D eigenvalue weighted by molar-refractivity contribution is -0.269. The quantitative estimate of drug-likeness (QED) is 0.287. The van der Waals surface area contributed by atoms with Crippen molar-refractivity contribution in [3.63, 3.8) is 0 Å². The van der Waals surface area contributed by atoms with Gasteiger partial charge in [-0.2, -0.15) is 0 Å². The summed E-state index contributed by atoms with van der Waals surface area (Å²) in [5, 5.41) is 41.8. The van der Waals surface area contributed by atoms with E-state index >= 15 is 0 Å². The van der Waals surface area contributed by atoms with Crippen LogP contribution < -0.4 is 11.1 Å². The predicted molar refractivity (Wildman–Crippen MR) is 92.7 cm³/mol. The summed E-state index contributed by atoms with van der Waals surface area (Å²) in [4.78, 5) is 24.8. The molecule has 1 amide bonds. The highest BCUT2D eigenvalue weighted by Crippen LogP contribution is 2.28. The van der Waals surface area contributed by atoms with E-state index in [1.807, 2.05) is 0 Å². The third-order valence-electron chi connectivity index (χ3n) is 4.80. The lowest BCUT2D eigenvalue weighted by Crippen LogP contribution is -2.57. The summed E-state index contributed by atoms with van der Waals surface area (Å²) in [6.45, 7) is 6.52. The topological polar surface area (TPSA) is 162 Å². The Hall–Kier alpha value is -1.10. The van der Waals surface area contributed by atoms with Crippen LogP contribution >= 0.6 is 0 Å². The minimum absolute atomic E-state index is 0.0983. The van der Waals surface area contributed by atoms with E-state index in [1.165, 1.54) is 0 Å². The number of nitrogens with one attached hydrogen (secondary N) is 1. The Labute approximate surface area is 153 Å². The molecular formula is C17H32N2O7. The zero-order valence-corrected chi connectivity index (χ0v) is 15.7. The molecule has 1 aliphatic heterocycles. The number of ether oxygens (including phenoxy) is 1. The van der Waals surface area contributed by atoms with Crippen LogP contribution in [-0.4, -0.2) is 75.4 Å². The molecule has 1 fully saturated rings. The average Bonchev–Trinajstić information content (AvgIpc) is 2.57. The van der Waals surface area contributed by atoms with Crippen LogP contribution in [0.25, 0.3) is 0 Å². The smallest absolute Gasteiger partial charge is 0.237 e. The van der Waals surface area contributed by atoms with Gasteiger partial charge in [0.05, 0.1) is 24.8 Å². The molecule has 9 nitrogen and oxygen atoms in total. The molecule has 1 rings (SSSR count). The second-order valence-electron chi connectivity index (χ2n) is 7.56. The van der Waals surface area contributed by atoms with E-state index in [2.05, 4.69) is 5.32 Å². The molecule has 7 N–H and O–H groups in total. The molecule has 26 heavy (non-hydrogen) atoms. The maximum atomic E-state index is 12.7. The molecule has 152 valence electrons. The molecule has 0 aliphatic carbocycles. The Balaban J connectivity index is 2.82. The second kappa shape index (κ2) is 9.72. The highest BCUT2D eigenvalue weighted by atomic mass is 16.6. The molecule has 0 bridgehead atoms. The minimum atomic E-state index is -1.52. The Morgan fingerprint density at radius 1 is 1.08 bits per heavy atom. The fourth-order valence-electron chi connectivity index (χ4n) is 2.91. The molecule has 0 spiro atoms. The van der Waals surface area contributed by atoms with Gasteiger partial charge >= 0.3 is 0 Å². The van der Waals surface area contributed by atoms with E-state index in [0.29, 0.717) is 0 Å². The van der Waals surface area contributed by atoms with Crippen LogP contribution in [0.5, 0.6) is 0 Å². The standard InChI is InChI=1S/C17H32N2O7/c1-7(2)12(18)16(24)19-13(8(3)4)10(21)5-9-14(22)15(23)11(6-20)26-17(9)25/h7-9,11-15,17,20,22-23,25H,5-6,18H2,1-4H3,(H,19,24). The van der Waals surface area contributed by atoms with Crippen molar-refractivity contribution in [2.45, 2.75) is 70.8 Å². The van der Waals surface area contributed by atoms with Crippen LogP contribution in [0.4, 0.5) is 0 Å². The Kier molecular flexibility index (Phi) is 8.58. The minimum Gasteiger partial charge on any atom is -0.394 e. The number of aliphatic hydroxyl groups excluding tert-OH is 4. The van der Waals surface area contributed by atoms with Gasteiger partial charge in [-0.3, -0.25) is 9.59 Å². The number of carbonyl (C=O) groups excluding carboxylic acids is 2. The van der Waals surface area contributed by atoms with E-state index in [0.717, 1.165) is 0 Å². The Bertz CT molecular complexity index is 486. The third kappa shape index (κ3) is 5.45. The second-order valence-corrected chi connectivity index (χ2v) is 7.56. The van der Waals surface area contributed by atoms with Crippen molar-refractivity contribution in [1.29, 1.82) is 0 Å². The van der Waals surface area contributed by atoms with Gasteiger partial charge in [-0.25, -0.2) is 0 Å². The van der Waals surface area contributed by atoms with E-state index < -0.39 is 60.9 Å². The maximum Gasteiger partial charge on any atom is 0.237 e. The highest BCUT2D eigenvalue weighted by molar-refractivity contribution is 5.91. The van der Waals surface area contributed by atoms with E-state index in [4.69, 9.17) is 15.6 Å². The first kappa shape index (κ1) is 22.9. The van der Waals surface area contributed by atoms with E-state index in [-0.39, 0.29) is 18.3 Å². The monoisotopic (exact) mass is 376 g/mol. The molecule has 9 heteroatoms. The first-order chi connectivity index (χ1) is 12.0. The first-order valence-corrected chi connectivity index (χ1v) is 8.90. The third-order valence-corrected chi connectivity index (χ3v) is 4.80. The van der Waals surface area contributed by atoms with Gasteiger partial charge in [0.2, 0.25) is 5.91 Å². The van der Waals surface area contributed by atoms with Gasteiger partial charge in [-0.1, -0.05) is 27.7 Å². The largest absolute Gasteiger partial charge is 0.394 e. The van der Waals surface area contributed by atoms with Crippen LogP contribution in [0.2, 0.25) is 0 Å². The lowest BCUT2D eigenvalue weighted by Gasteiger charge is -2.40. The van der Waals surface area contributed by atoms with Gasteiger partial charge < -0.3 is 36.2 Å². The van der Waals surface area contributed by atoms with Crippen molar-refractivity contribution in [3.8, 4) is 0 Å². The number of rotatable bonds is 8. The molecule has 1 heterocycles. The molecule has 7 atom stereocenters. The predicted octanol–water partition coefficient (Wildman–Crippen LogP) is -1.88. The number of carbonyl (C=O) groups is 2. The number of Topliss-reactive ketones (excluding diaryl/α,β-unsaturated/α-hetero) is 1. The van der Waals surface area contributed by atoms with Gasteiger partial charge in [0.25, 0.3) is 0 Å². The number of hydrogen-bond acceptors (Lipinski definition) is 8. The summed E-state index contributed by atoms with van der Waals surface area (Å²) in [6, 6.07) is -1.61. The van der Waals surface area contributed by atoms with Crippen LogP contribution in [0.1, 0.15) is 34.1 Å². The summed E-state index contributed by atoms with van der Waals surface area (Å²) in [5.41, 5.74) is 5.81.